The summed E-state index contributed by atoms with van der Waals surface area (Å²) in [6.07, 6.45) is 2.81. The van der Waals surface area contributed by atoms with Crippen molar-refractivity contribution < 1.29 is 83.2 Å². The first-order chi connectivity index (χ1) is 22.0. The van der Waals surface area contributed by atoms with E-state index < -0.39 is 59.6 Å². The van der Waals surface area contributed by atoms with Crippen LogP contribution in [0, 0.1) is 35.5 Å². The Morgan fingerprint density at radius 3 is 2.33 bits per heavy atom. The summed E-state index contributed by atoms with van der Waals surface area (Å²) < 4.78 is 39.3. The third-order valence-corrected chi connectivity index (χ3v) is 13.0. The zero-order valence-electron chi connectivity index (χ0n) is 31.0. The van der Waals surface area contributed by atoms with Crippen LogP contribution in [0.5, 0.6) is 0 Å². The molecule has 2 unspecified atom stereocenters. The second-order valence-corrected chi connectivity index (χ2v) is 16.3. The molecule has 5 heterocycles. The largest absolute Gasteiger partial charge is 1.00 e. The van der Waals surface area contributed by atoms with E-state index in [1.807, 2.05) is 20.8 Å². The molecule has 17 atom stereocenters. The van der Waals surface area contributed by atoms with Gasteiger partial charge < -0.3 is 53.6 Å². The van der Waals surface area contributed by atoms with Crippen LogP contribution in [-0.2, 0) is 33.2 Å². The van der Waals surface area contributed by atoms with E-state index in [-0.39, 0.29) is 83.6 Å². The molecule has 3 N–H and O–H groups in total. The molecule has 5 aliphatic heterocycles. The van der Waals surface area contributed by atoms with E-state index in [1.165, 1.54) is 7.11 Å². The average Bonchev–Trinajstić information content (AvgIpc) is 3.73. The van der Waals surface area contributed by atoms with Crippen molar-refractivity contribution in [1.82, 2.24) is 0 Å². The van der Waals surface area contributed by atoms with Crippen LogP contribution < -0.4 is 34.7 Å². The van der Waals surface area contributed by atoms with E-state index in [0.29, 0.717) is 19.3 Å². The summed E-state index contributed by atoms with van der Waals surface area (Å²) in [6.45, 7) is 15.4. The maximum Gasteiger partial charge on any atom is 1.00 e. The van der Waals surface area contributed by atoms with E-state index in [1.54, 1.807) is 6.92 Å². The summed E-state index contributed by atoms with van der Waals surface area (Å²) in [5, 5.41) is 43.9. The predicted molar refractivity (Wildman–Crippen MR) is 170 cm³/mol. The number of carbonyl (C=O) groups excluding carboxylic acids is 1. The van der Waals surface area contributed by atoms with Crippen molar-refractivity contribution in [1.29, 1.82) is 0 Å². The van der Waals surface area contributed by atoms with Gasteiger partial charge >= 0.3 is 29.6 Å². The van der Waals surface area contributed by atoms with Crippen molar-refractivity contribution >= 4 is 5.97 Å². The van der Waals surface area contributed by atoms with Gasteiger partial charge in [-0.1, -0.05) is 48.5 Å². The molecule has 0 radical (unpaired) electrons. The summed E-state index contributed by atoms with van der Waals surface area (Å²) in [5.41, 5.74) is -1.16. The maximum absolute atomic E-state index is 11.7. The van der Waals surface area contributed by atoms with Crippen LogP contribution in [0.4, 0.5) is 0 Å². The molecule has 5 aliphatic rings. The van der Waals surface area contributed by atoms with Crippen molar-refractivity contribution in [3.63, 3.8) is 0 Å². The van der Waals surface area contributed by atoms with E-state index in [9.17, 15) is 25.2 Å². The number of carboxylic acids is 1. The molecular weight excluding hydrogens is 631 g/mol. The van der Waals surface area contributed by atoms with Gasteiger partial charge in [0.05, 0.1) is 60.5 Å². The van der Waals surface area contributed by atoms with Crippen molar-refractivity contribution in [3.05, 3.63) is 0 Å². The smallest absolute Gasteiger partial charge is 0.550 e. The molecular formula is C36H61NaO11. The Bertz CT molecular complexity index is 1110. The topological polar surface area (TPSA) is 156 Å². The van der Waals surface area contributed by atoms with Gasteiger partial charge in [-0.05, 0) is 57.3 Å². The molecule has 12 heteroatoms. The fourth-order valence-corrected chi connectivity index (χ4v) is 9.91. The number of aliphatic hydroxyl groups is 3. The van der Waals surface area contributed by atoms with Gasteiger partial charge in [-0.25, -0.2) is 0 Å². The summed E-state index contributed by atoms with van der Waals surface area (Å²) >= 11 is 0. The van der Waals surface area contributed by atoms with E-state index in [2.05, 4.69) is 27.7 Å². The van der Waals surface area contributed by atoms with Crippen LogP contribution in [0.25, 0.3) is 0 Å². The van der Waals surface area contributed by atoms with Gasteiger partial charge in [0.1, 0.15) is 0 Å². The standard InChI is InChI=1S/C36H62O11.Na/c1-10-34(31-20(3)16-26(43-31)28-19(2)15-21(4)36(41,18-37)46-28)12-11-27(44-34)33(8)13-14-35(47-33)17-25(38)22(5)30(45-35)23(6)29(42-9)24(7)32(39)40;/h19-31,37-38,41H,10-18H2,1-9H3,(H,39,40);/q;+1/p-1/t19-,20-,21+,22+,23-,24+,25-,26+,27+,28-,29-,30-,31+,33?,34-,35?,36-;/m0./s1. The molecule has 0 aromatic heterocycles. The fraction of sp³-hybridized carbons (Fsp3) is 0.972. The minimum Gasteiger partial charge on any atom is -0.550 e. The monoisotopic (exact) mass is 692 g/mol. The number of methoxy groups -OCH3 is 1. The van der Waals surface area contributed by atoms with Gasteiger partial charge in [-0.2, -0.15) is 0 Å². The Morgan fingerprint density at radius 1 is 1.04 bits per heavy atom. The van der Waals surface area contributed by atoms with Crippen molar-refractivity contribution in [2.45, 2.75) is 172 Å². The molecule has 0 saturated carbocycles. The molecule has 5 fully saturated rings. The second-order valence-electron chi connectivity index (χ2n) is 16.3. The molecule has 272 valence electrons. The van der Waals surface area contributed by atoms with Crippen molar-refractivity contribution in [2.75, 3.05) is 13.7 Å². The van der Waals surface area contributed by atoms with Crippen molar-refractivity contribution in [2.24, 2.45) is 35.5 Å². The number of carboxylic acid groups (broad SMARTS) is 1. The summed E-state index contributed by atoms with van der Waals surface area (Å²) in [7, 11) is 1.50. The quantitative estimate of drug-likeness (QED) is 0.264. The van der Waals surface area contributed by atoms with Crippen LogP contribution in [0.1, 0.15) is 107 Å². The van der Waals surface area contributed by atoms with Gasteiger partial charge in [-0.15, -0.1) is 0 Å². The first-order valence-electron chi connectivity index (χ1n) is 18.1. The Kier molecular flexibility index (Phi) is 13.0. The van der Waals surface area contributed by atoms with E-state index >= 15 is 0 Å². The number of hydrogen-bond acceptors (Lipinski definition) is 11. The Labute approximate surface area is 309 Å². The fourth-order valence-electron chi connectivity index (χ4n) is 9.91. The predicted octanol–water partition coefficient (Wildman–Crippen LogP) is -0.0578. The SMILES string of the molecule is CC[C@@]1([C@@H]2O[C@@H]([C@H]3O[C@@](O)(CO)[C@H](C)C[C@@H]3C)C[C@@H]2C)CC[C@H](C2(C)CCC3(C[C@H](O)[C@@H](C)[C@@H]([C@@H](C)[C@H](OC)[C@@H](C)C(=O)[O-])O3)O2)O1.[Na+]. The molecule has 0 amide bonds. The molecule has 11 nitrogen and oxygen atoms in total. The summed E-state index contributed by atoms with van der Waals surface area (Å²) in [4.78, 5) is 11.7. The van der Waals surface area contributed by atoms with Crippen LogP contribution >= 0.6 is 0 Å². The van der Waals surface area contributed by atoms with Gasteiger partial charge in [0.15, 0.2) is 11.6 Å². The molecule has 5 rings (SSSR count). The number of aliphatic carboxylic acids is 1. The van der Waals surface area contributed by atoms with Crippen molar-refractivity contribution in [3.8, 4) is 0 Å². The van der Waals surface area contributed by atoms with Crippen LogP contribution in [0.2, 0.25) is 0 Å². The second kappa shape index (κ2) is 15.2. The normalized spacial score (nSPS) is 49.8. The van der Waals surface area contributed by atoms with Crippen LogP contribution in [0.15, 0.2) is 0 Å². The minimum atomic E-state index is -1.57. The first-order valence-corrected chi connectivity index (χ1v) is 18.1. The number of ether oxygens (including phenoxy) is 6. The average molecular weight is 693 g/mol. The third kappa shape index (κ3) is 7.33. The van der Waals surface area contributed by atoms with Gasteiger partial charge in [0.2, 0.25) is 0 Å². The number of hydrogen-bond donors (Lipinski definition) is 3. The number of rotatable bonds is 10. The molecule has 0 bridgehead atoms. The Balaban J connectivity index is 0.00000520. The van der Waals surface area contributed by atoms with Gasteiger partial charge in [0, 0.05) is 49.6 Å². The Morgan fingerprint density at radius 2 is 1.73 bits per heavy atom. The van der Waals surface area contributed by atoms with Crippen LogP contribution in [-0.4, -0.2) is 101 Å². The molecule has 5 saturated heterocycles. The van der Waals surface area contributed by atoms with E-state index in [0.717, 1.165) is 32.1 Å². The molecule has 48 heavy (non-hydrogen) atoms. The minimum absolute atomic E-state index is 0. The van der Waals surface area contributed by atoms with E-state index in [4.69, 9.17) is 28.4 Å². The number of carbonyl (C=O) groups is 1. The summed E-state index contributed by atoms with van der Waals surface area (Å²) in [6, 6.07) is 0. The molecule has 0 aliphatic carbocycles. The van der Waals surface area contributed by atoms with Gasteiger partial charge in [-0.3, -0.25) is 0 Å². The summed E-state index contributed by atoms with van der Waals surface area (Å²) in [5.74, 6) is -4.97. The maximum atomic E-state index is 11.7. The third-order valence-electron chi connectivity index (χ3n) is 13.0. The number of aliphatic hydroxyl groups excluding tert-OH is 2. The Hall–Kier alpha value is 0.110. The molecule has 0 aromatic carbocycles. The zero-order valence-corrected chi connectivity index (χ0v) is 33.0. The van der Waals surface area contributed by atoms with Gasteiger partial charge in [0.25, 0.3) is 0 Å². The van der Waals surface area contributed by atoms with Crippen LogP contribution in [0.3, 0.4) is 0 Å². The molecule has 1 spiro atoms. The first kappa shape index (κ1) is 40.9. The molecule has 0 aromatic rings. The zero-order chi connectivity index (χ0) is 34.7.